The highest BCUT2D eigenvalue weighted by Gasteiger charge is 2.24. The number of benzene rings is 1. The molecule has 0 radical (unpaired) electrons. The SMILES string of the molecule is Nc1oncc1-c1cc(F)cc2c1NC(=O)C2. The van der Waals surface area contributed by atoms with Crippen molar-refractivity contribution in [3.05, 3.63) is 29.7 Å². The smallest absolute Gasteiger partial charge is 0.230 e. The lowest BCUT2D eigenvalue weighted by Gasteiger charge is -2.06. The fourth-order valence-electron chi connectivity index (χ4n) is 1.97. The number of hydrogen-bond acceptors (Lipinski definition) is 4. The van der Waals surface area contributed by atoms with Crippen LogP contribution in [0.5, 0.6) is 0 Å². The molecule has 86 valence electrons. The molecule has 1 aromatic carbocycles. The third-order valence-electron chi connectivity index (χ3n) is 2.69. The number of rotatable bonds is 1. The second-order valence-corrected chi connectivity index (χ2v) is 3.82. The zero-order valence-electron chi connectivity index (χ0n) is 8.66. The molecular formula is C11H8FN3O2. The van der Waals surface area contributed by atoms with Crippen molar-refractivity contribution in [2.45, 2.75) is 6.42 Å². The fourth-order valence-corrected chi connectivity index (χ4v) is 1.97. The Morgan fingerprint density at radius 3 is 2.94 bits per heavy atom. The minimum Gasteiger partial charge on any atom is -0.367 e. The molecule has 5 nitrogen and oxygen atoms in total. The van der Waals surface area contributed by atoms with E-state index >= 15 is 0 Å². The van der Waals surface area contributed by atoms with Crippen molar-refractivity contribution in [2.75, 3.05) is 11.1 Å². The van der Waals surface area contributed by atoms with E-state index in [1.54, 1.807) is 0 Å². The molecule has 1 aliphatic rings. The summed E-state index contributed by atoms with van der Waals surface area (Å²) in [6.45, 7) is 0. The van der Waals surface area contributed by atoms with Crippen LogP contribution >= 0.6 is 0 Å². The molecule has 6 heteroatoms. The molecule has 0 saturated heterocycles. The molecule has 1 amide bonds. The second-order valence-electron chi connectivity index (χ2n) is 3.82. The highest BCUT2D eigenvalue weighted by molar-refractivity contribution is 6.04. The lowest BCUT2D eigenvalue weighted by atomic mass is 10.0. The average molecular weight is 233 g/mol. The average Bonchev–Trinajstić information content (AvgIpc) is 2.82. The number of nitrogen functional groups attached to an aromatic ring is 1. The predicted molar refractivity (Wildman–Crippen MR) is 58.6 cm³/mol. The molecule has 1 aromatic heterocycles. The molecule has 0 unspecified atom stereocenters. The van der Waals surface area contributed by atoms with Gasteiger partial charge in [0.15, 0.2) is 0 Å². The first-order valence-corrected chi connectivity index (χ1v) is 4.98. The normalized spacial score (nSPS) is 13.6. The van der Waals surface area contributed by atoms with Crippen molar-refractivity contribution in [3.8, 4) is 11.1 Å². The van der Waals surface area contributed by atoms with Crippen LogP contribution in [0.15, 0.2) is 22.9 Å². The number of nitrogens with two attached hydrogens (primary N) is 1. The van der Waals surface area contributed by atoms with E-state index in [0.29, 0.717) is 22.4 Å². The van der Waals surface area contributed by atoms with Crippen molar-refractivity contribution in [1.29, 1.82) is 0 Å². The topological polar surface area (TPSA) is 81.2 Å². The van der Waals surface area contributed by atoms with Gasteiger partial charge in [0.1, 0.15) is 5.82 Å². The highest BCUT2D eigenvalue weighted by Crippen LogP contribution is 2.37. The van der Waals surface area contributed by atoms with Gasteiger partial charge in [-0.3, -0.25) is 4.79 Å². The summed E-state index contributed by atoms with van der Waals surface area (Å²) in [6.07, 6.45) is 1.57. The number of nitrogens with zero attached hydrogens (tertiary/aromatic N) is 1. The maximum Gasteiger partial charge on any atom is 0.230 e. The van der Waals surface area contributed by atoms with Crippen molar-refractivity contribution in [3.63, 3.8) is 0 Å². The Morgan fingerprint density at radius 2 is 2.24 bits per heavy atom. The van der Waals surface area contributed by atoms with E-state index in [0.717, 1.165) is 0 Å². The molecule has 2 aromatic rings. The summed E-state index contributed by atoms with van der Waals surface area (Å²) in [5.41, 5.74) is 7.74. The van der Waals surface area contributed by atoms with E-state index in [1.165, 1.54) is 18.3 Å². The number of hydrogen-bond donors (Lipinski definition) is 2. The molecule has 0 fully saturated rings. The van der Waals surface area contributed by atoms with Crippen molar-refractivity contribution in [1.82, 2.24) is 5.16 Å². The van der Waals surface area contributed by atoms with Crippen molar-refractivity contribution in [2.24, 2.45) is 0 Å². The lowest BCUT2D eigenvalue weighted by Crippen LogP contribution is -2.04. The number of nitrogens with one attached hydrogen (secondary N) is 1. The first kappa shape index (κ1) is 9.83. The second kappa shape index (κ2) is 3.31. The first-order chi connectivity index (χ1) is 8.15. The summed E-state index contributed by atoms with van der Waals surface area (Å²) in [5, 5.41) is 6.22. The van der Waals surface area contributed by atoms with E-state index in [9.17, 15) is 9.18 Å². The molecule has 0 spiro atoms. The number of anilines is 2. The molecule has 0 saturated carbocycles. The maximum atomic E-state index is 13.4. The summed E-state index contributed by atoms with van der Waals surface area (Å²) in [5.74, 6) is -0.489. The molecule has 0 bridgehead atoms. The van der Waals surface area contributed by atoms with Crippen LogP contribution in [0.25, 0.3) is 11.1 Å². The quantitative estimate of drug-likeness (QED) is 0.783. The first-order valence-electron chi connectivity index (χ1n) is 4.98. The van der Waals surface area contributed by atoms with Gasteiger partial charge in [-0.2, -0.15) is 0 Å². The fraction of sp³-hybridized carbons (Fsp3) is 0.0909. The van der Waals surface area contributed by atoms with Gasteiger partial charge in [-0.25, -0.2) is 4.39 Å². The van der Waals surface area contributed by atoms with E-state index < -0.39 is 5.82 Å². The van der Waals surface area contributed by atoms with Crippen molar-refractivity contribution < 1.29 is 13.7 Å². The van der Waals surface area contributed by atoms with Crippen molar-refractivity contribution >= 4 is 17.5 Å². The molecule has 3 N–H and O–H groups in total. The van der Waals surface area contributed by atoms with E-state index in [-0.39, 0.29) is 18.2 Å². The Kier molecular flexibility index (Phi) is 1.91. The third-order valence-corrected chi connectivity index (χ3v) is 2.69. The monoisotopic (exact) mass is 233 g/mol. The maximum absolute atomic E-state index is 13.4. The van der Waals surface area contributed by atoms with Gasteiger partial charge >= 0.3 is 0 Å². The van der Waals surface area contributed by atoms with Gasteiger partial charge in [0.25, 0.3) is 0 Å². The number of carbonyl (C=O) groups is 1. The molecule has 1 aliphatic heterocycles. The largest absolute Gasteiger partial charge is 0.367 e. The number of aromatic nitrogens is 1. The Labute approximate surface area is 95.4 Å². The Morgan fingerprint density at radius 1 is 1.41 bits per heavy atom. The van der Waals surface area contributed by atoms with E-state index in [2.05, 4.69) is 10.5 Å². The van der Waals surface area contributed by atoms with Gasteiger partial charge in [-0.1, -0.05) is 5.16 Å². The molecule has 3 rings (SSSR count). The Hall–Kier alpha value is -2.37. The highest BCUT2D eigenvalue weighted by atomic mass is 19.1. The van der Waals surface area contributed by atoms with Gasteiger partial charge in [0.05, 0.1) is 23.9 Å². The van der Waals surface area contributed by atoms with Crippen LogP contribution in [0.3, 0.4) is 0 Å². The van der Waals surface area contributed by atoms with Crippen LogP contribution in [-0.2, 0) is 11.2 Å². The summed E-state index contributed by atoms with van der Waals surface area (Å²) >= 11 is 0. The molecule has 0 aliphatic carbocycles. The van der Waals surface area contributed by atoms with Gasteiger partial charge in [-0.05, 0) is 17.7 Å². The summed E-state index contributed by atoms with van der Waals surface area (Å²) in [4.78, 5) is 11.3. The van der Waals surface area contributed by atoms with Gasteiger partial charge in [0.2, 0.25) is 11.8 Å². The molecule has 0 atom stereocenters. The van der Waals surface area contributed by atoms with E-state index in [1.807, 2.05) is 0 Å². The minimum absolute atomic E-state index is 0.0962. The van der Waals surface area contributed by atoms with Gasteiger partial charge in [0, 0.05) is 5.56 Å². The van der Waals surface area contributed by atoms with Crippen LogP contribution < -0.4 is 11.1 Å². The van der Waals surface area contributed by atoms with Gasteiger partial charge in [-0.15, -0.1) is 0 Å². The number of fused-ring (bicyclic) bond motifs is 1. The molecule has 17 heavy (non-hydrogen) atoms. The minimum atomic E-state index is -0.421. The zero-order valence-corrected chi connectivity index (χ0v) is 8.66. The summed E-state index contributed by atoms with van der Waals surface area (Å²) in [7, 11) is 0. The van der Waals surface area contributed by atoms with Crippen LogP contribution in [0, 0.1) is 5.82 Å². The summed E-state index contributed by atoms with van der Waals surface area (Å²) in [6, 6.07) is 2.63. The lowest BCUT2D eigenvalue weighted by molar-refractivity contribution is -0.115. The third kappa shape index (κ3) is 1.45. The van der Waals surface area contributed by atoms with Crippen LogP contribution in [0.2, 0.25) is 0 Å². The van der Waals surface area contributed by atoms with Gasteiger partial charge < -0.3 is 15.6 Å². The van der Waals surface area contributed by atoms with Crippen LogP contribution in [0.1, 0.15) is 5.56 Å². The van der Waals surface area contributed by atoms with Crippen LogP contribution in [-0.4, -0.2) is 11.1 Å². The Bertz CT molecular complexity index is 621. The standard InChI is InChI=1S/C11H8FN3O2/c12-6-1-5-2-9(16)15-10(5)7(3-6)8-4-14-17-11(8)13/h1,3-4H,2,13H2,(H,15,16). The number of halogens is 1. The van der Waals surface area contributed by atoms with E-state index in [4.69, 9.17) is 10.3 Å². The summed E-state index contributed by atoms with van der Waals surface area (Å²) < 4.78 is 18.2. The van der Waals surface area contributed by atoms with Crippen LogP contribution in [0.4, 0.5) is 16.0 Å². The molecule has 2 heterocycles. The predicted octanol–water partition coefficient (Wildman–Crippen LogP) is 1.56. The number of carbonyl (C=O) groups excluding carboxylic acids is 1. The zero-order chi connectivity index (χ0) is 12.0. The Balaban J connectivity index is 2.25. The molecular weight excluding hydrogens is 225 g/mol. The number of amides is 1.